The number of methoxy groups -OCH3 is 1. The molecule has 0 spiro atoms. The highest BCUT2D eigenvalue weighted by atomic mass is 19.1. The van der Waals surface area contributed by atoms with Crippen molar-refractivity contribution in [3.05, 3.63) is 69.9 Å². The van der Waals surface area contributed by atoms with Crippen LogP contribution in [0.15, 0.2) is 46.9 Å². The molecular weight excluding hydrogens is 373 g/mol. The summed E-state index contributed by atoms with van der Waals surface area (Å²) in [5.41, 5.74) is 0.124. The summed E-state index contributed by atoms with van der Waals surface area (Å²) in [5.74, 6) is -1.32. The van der Waals surface area contributed by atoms with E-state index in [9.17, 15) is 19.3 Å². The van der Waals surface area contributed by atoms with Crippen LogP contribution in [-0.4, -0.2) is 28.2 Å². The molecule has 0 unspecified atom stereocenters. The summed E-state index contributed by atoms with van der Waals surface area (Å²) in [6, 6.07) is 9.27. The fraction of sp³-hybridized carbons (Fsp3) is 0.167. The maximum absolute atomic E-state index is 14.0. The molecule has 9 nitrogen and oxygen atoms in total. The number of aromatic nitrogens is 2. The SMILES string of the molecule is COc1ccc(C(=O)O[C@@H](C)c2nnc(-c3ccc([N+](=O)[O-])cc3)o2)c(F)c1. The molecule has 0 radical (unpaired) electrons. The number of carbonyl (C=O) groups is 1. The van der Waals surface area contributed by atoms with E-state index in [1.165, 1.54) is 50.4 Å². The zero-order chi connectivity index (χ0) is 20.3. The summed E-state index contributed by atoms with van der Waals surface area (Å²) >= 11 is 0. The second kappa shape index (κ2) is 7.82. The second-order valence-corrected chi connectivity index (χ2v) is 5.64. The molecule has 0 fully saturated rings. The van der Waals surface area contributed by atoms with Crippen LogP contribution in [0.4, 0.5) is 10.1 Å². The van der Waals surface area contributed by atoms with Gasteiger partial charge < -0.3 is 13.9 Å². The Bertz CT molecular complexity index is 1020. The Morgan fingerprint density at radius 2 is 1.93 bits per heavy atom. The summed E-state index contributed by atoms with van der Waals surface area (Å²) in [6.45, 7) is 1.49. The molecule has 0 N–H and O–H groups in total. The Morgan fingerprint density at radius 3 is 2.54 bits per heavy atom. The van der Waals surface area contributed by atoms with Gasteiger partial charge in [0.05, 0.1) is 17.6 Å². The molecule has 0 aliphatic rings. The van der Waals surface area contributed by atoms with Crippen molar-refractivity contribution in [2.75, 3.05) is 7.11 Å². The normalized spacial score (nSPS) is 11.7. The maximum Gasteiger partial charge on any atom is 0.341 e. The van der Waals surface area contributed by atoms with Gasteiger partial charge in [0, 0.05) is 23.8 Å². The highest BCUT2D eigenvalue weighted by molar-refractivity contribution is 5.90. The molecule has 1 heterocycles. The molecule has 10 heteroatoms. The predicted octanol–water partition coefficient (Wildman–Crippen LogP) is 3.71. The highest BCUT2D eigenvalue weighted by Crippen LogP contribution is 2.25. The molecule has 1 atom stereocenters. The molecule has 3 rings (SSSR count). The number of hydrogen-bond acceptors (Lipinski definition) is 8. The number of carbonyl (C=O) groups excluding carboxylic acids is 1. The number of benzene rings is 2. The van der Waals surface area contributed by atoms with Crippen molar-refractivity contribution in [3.8, 4) is 17.2 Å². The Kier molecular flexibility index (Phi) is 5.30. The number of non-ortho nitro benzene ring substituents is 1. The third-order valence-corrected chi connectivity index (χ3v) is 3.79. The Hall–Kier alpha value is -3.82. The van der Waals surface area contributed by atoms with Gasteiger partial charge in [-0.25, -0.2) is 9.18 Å². The third kappa shape index (κ3) is 3.95. The maximum atomic E-state index is 14.0. The number of esters is 1. The van der Waals surface area contributed by atoms with Gasteiger partial charge in [-0.1, -0.05) is 0 Å². The van der Waals surface area contributed by atoms with Gasteiger partial charge in [0.1, 0.15) is 11.6 Å². The first-order chi connectivity index (χ1) is 13.4. The Labute approximate surface area is 157 Å². The molecule has 0 aliphatic carbocycles. The van der Waals surface area contributed by atoms with E-state index in [2.05, 4.69) is 10.2 Å². The van der Waals surface area contributed by atoms with E-state index >= 15 is 0 Å². The molecule has 2 aromatic carbocycles. The summed E-state index contributed by atoms with van der Waals surface area (Å²) in [5, 5.41) is 18.3. The van der Waals surface area contributed by atoms with Crippen molar-refractivity contribution < 1.29 is 28.0 Å². The van der Waals surface area contributed by atoms with Gasteiger partial charge >= 0.3 is 5.97 Å². The van der Waals surface area contributed by atoms with Gasteiger partial charge in [0.15, 0.2) is 6.10 Å². The lowest BCUT2D eigenvalue weighted by molar-refractivity contribution is -0.384. The summed E-state index contributed by atoms with van der Waals surface area (Å²) in [6.07, 6.45) is -0.937. The van der Waals surface area contributed by atoms with Crippen LogP contribution in [0.1, 0.15) is 29.3 Å². The van der Waals surface area contributed by atoms with E-state index in [0.29, 0.717) is 5.56 Å². The van der Waals surface area contributed by atoms with Crippen molar-refractivity contribution in [3.63, 3.8) is 0 Å². The van der Waals surface area contributed by atoms with Crippen molar-refractivity contribution in [2.45, 2.75) is 13.0 Å². The first kappa shape index (κ1) is 19.0. The number of nitro benzene ring substituents is 1. The van der Waals surface area contributed by atoms with Crippen LogP contribution in [0.25, 0.3) is 11.5 Å². The molecule has 3 aromatic rings. The summed E-state index contributed by atoms with van der Waals surface area (Å²) in [4.78, 5) is 22.3. The van der Waals surface area contributed by atoms with Crippen LogP contribution in [0.2, 0.25) is 0 Å². The number of halogens is 1. The minimum Gasteiger partial charge on any atom is -0.497 e. The average Bonchev–Trinajstić information content (AvgIpc) is 3.18. The van der Waals surface area contributed by atoms with E-state index in [4.69, 9.17) is 13.9 Å². The lowest BCUT2D eigenvalue weighted by Gasteiger charge is -2.10. The minimum atomic E-state index is -0.937. The van der Waals surface area contributed by atoms with Crippen molar-refractivity contribution in [2.24, 2.45) is 0 Å². The predicted molar refractivity (Wildman–Crippen MR) is 93.2 cm³/mol. The van der Waals surface area contributed by atoms with E-state index in [0.717, 1.165) is 6.07 Å². The van der Waals surface area contributed by atoms with Gasteiger partial charge in [-0.3, -0.25) is 10.1 Å². The molecule has 0 aliphatic heterocycles. The summed E-state index contributed by atoms with van der Waals surface area (Å²) in [7, 11) is 1.38. The van der Waals surface area contributed by atoms with Crippen LogP contribution < -0.4 is 4.74 Å². The lowest BCUT2D eigenvalue weighted by Crippen LogP contribution is -2.11. The smallest absolute Gasteiger partial charge is 0.341 e. The van der Waals surface area contributed by atoms with Crippen LogP contribution in [0.3, 0.4) is 0 Å². The number of rotatable bonds is 6. The van der Waals surface area contributed by atoms with Crippen LogP contribution in [0, 0.1) is 15.9 Å². The number of nitro groups is 1. The van der Waals surface area contributed by atoms with Crippen molar-refractivity contribution in [1.82, 2.24) is 10.2 Å². The number of nitrogens with zero attached hydrogens (tertiary/aromatic N) is 3. The monoisotopic (exact) mass is 387 g/mol. The minimum absolute atomic E-state index is 0.00405. The van der Waals surface area contributed by atoms with Gasteiger partial charge in [-0.2, -0.15) is 0 Å². The fourth-order valence-corrected chi connectivity index (χ4v) is 2.30. The molecule has 0 saturated carbocycles. The molecule has 0 saturated heterocycles. The van der Waals surface area contributed by atoms with E-state index in [1.807, 2.05) is 0 Å². The van der Waals surface area contributed by atoms with E-state index in [-0.39, 0.29) is 28.8 Å². The molecule has 0 amide bonds. The fourth-order valence-electron chi connectivity index (χ4n) is 2.30. The van der Waals surface area contributed by atoms with Crippen molar-refractivity contribution in [1.29, 1.82) is 0 Å². The zero-order valence-electron chi connectivity index (χ0n) is 14.8. The highest BCUT2D eigenvalue weighted by Gasteiger charge is 2.22. The lowest BCUT2D eigenvalue weighted by atomic mass is 10.2. The molecule has 144 valence electrons. The molecule has 0 bridgehead atoms. The Balaban J connectivity index is 1.72. The molecule has 1 aromatic heterocycles. The van der Waals surface area contributed by atoms with Crippen molar-refractivity contribution >= 4 is 11.7 Å². The molecular formula is C18H14FN3O6. The van der Waals surface area contributed by atoms with E-state index < -0.39 is 22.8 Å². The topological polar surface area (TPSA) is 118 Å². The first-order valence-electron chi connectivity index (χ1n) is 8.01. The largest absolute Gasteiger partial charge is 0.497 e. The average molecular weight is 387 g/mol. The number of hydrogen-bond donors (Lipinski definition) is 0. The van der Waals surface area contributed by atoms with Crippen LogP contribution in [0.5, 0.6) is 5.75 Å². The standard InChI is InChI=1S/C18H14FN3O6/c1-10(27-18(23)14-8-7-13(26-2)9-15(14)19)16-20-21-17(28-16)11-3-5-12(6-4-11)22(24)25/h3-10H,1-2H3/t10-/m0/s1. The third-order valence-electron chi connectivity index (χ3n) is 3.79. The van der Waals surface area contributed by atoms with Gasteiger partial charge in [0.2, 0.25) is 5.89 Å². The van der Waals surface area contributed by atoms with Gasteiger partial charge in [-0.15, -0.1) is 10.2 Å². The molecule has 28 heavy (non-hydrogen) atoms. The van der Waals surface area contributed by atoms with Crippen LogP contribution in [-0.2, 0) is 4.74 Å². The quantitative estimate of drug-likeness (QED) is 0.357. The van der Waals surface area contributed by atoms with Crippen LogP contribution >= 0.6 is 0 Å². The summed E-state index contributed by atoms with van der Waals surface area (Å²) < 4.78 is 29.5. The zero-order valence-corrected chi connectivity index (χ0v) is 14.8. The second-order valence-electron chi connectivity index (χ2n) is 5.64. The Morgan fingerprint density at radius 1 is 1.21 bits per heavy atom. The first-order valence-corrected chi connectivity index (χ1v) is 8.01. The van der Waals surface area contributed by atoms with Gasteiger partial charge in [-0.05, 0) is 31.2 Å². The van der Waals surface area contributed by atoms with E-state index in [1.54, 1.807) is 0 Å². The number of ether oxygens (including phenoxy) is 2. The van der Waals surface area contributed by atoms with Gasteiger partial charge in [0.25, 0.3) is 11.6 Å².